The largest absolute Gasteiger partial charge is 0.369 e. The number of nitrogens with zero attached hydrogens (tertiary/aromatic N) is 3. The maximum absolute atomic E-state index is 13.4. The minimum absolute atomic E-state index is 0.0295. The van der Waals surface area contributed by atoms with Crippen LogP contribution < -0.4 is 11.1 Å². The molecule has 3 rings (SSSR count). The van der Waals surface area contributed by atoms with Gasteiger partial charge in [-0.2, -0.15) is 4.99 Å². The van der Waals surface area contributed by atoms with E-state index < -0.39 is 13.0 Å². The van der Waals surface area contributed by atoms with Crippen molar-refractivity contribution >= 4 is 53.5 Å². The molecular formula is C23H31ClN5O5PS. The average molecular weight is 556 g/mol. The number of carbonyl (C=O) groups excluding carboxylic acids is 1. The third kappa shape index (κ3) is 8.19. The van der Waals surface area contributed by atoms with Gasteiger partial charge in [-0.25, -0.2) is 4.98 Å². The molecule has 13 heteroatoms. The highest BCUT2D eigenvalue weighted by molar-refractivity contribution is 8.13. The number of fused-ring (bicyclic) bond motifs is 1. The van der Waals surface area contributed by atoms with Crippen LogP contribution in [0.5, 0.6) is 0 Å². The van der Waals surface area contributed by atoms with Crippen LogP contribution in [-0.2, 0) is 36.3 Å². The third-order valence-corrected chi connectivity index (χ3v) is 7.94. The molecule has 0 aliphatic carbocycles. The first kappa shape index (κ1) is 28.4. The van der Waals surface area contributed by atoms with E-state index in [1.165, 1.54) is 0 Å². The van der Waals surface area contributed by atoms with Gasteiger partial charge < -0.3 is 29.4 Å². The van der Waals surface area contributed by atoms with Crippen molar-refractivity contribution in [3.63, 3.8) is 0 Å². The summed E-state index contributed by atoms with van der Waals surface area (Å²) in [5, 5.41) is 3.41. The molecule has 1 aromatic heterocycles. The summed E-state index contributed by atoms with van der Waals surface area (Å²) in [5.41, 5.74) is 7.22. The summed E-state index contributed by atoms with van der Waals surface area (Å²) in [4.78, 5) is 20.7. The van der Waals surface area contributed by atoms with Gasteiger partial charge in [0.2, 0.25) is 0 Å². The Kier molecular flexibility index (Phi) is 9.79. The van der Waals surface area contributed by atoms with Crippen LogP contribution in [0.15, 0.2) is 42.2 Å². The van der Waals surface area contributed by atoms with Crippen LogP contribution in [0.4, 0.5) is 5.82 Å². The average Bonchev–Trinajstić information content (AvgIpc) is 3.21. The van der Waals surface area contributed by atoms with Crippen molar-refractivity contribution in [3.8, 4) is 0 Å². The fourth-order valence-electron chi connectivity index (χ4n) is 3.00. The van der Waals surface area contributed by atoms with Crippen molar-refractivity contribution in [2.45, 2.75) is 33.9 Å². The van der Waals surface area contributed by atoms with Gasteiger partial charge in [-0.3, -0.25) is 9.36 Å². The minimum atomic E-state index is -3.64. The number of thioether (sulfide) groups is 1. The van der Waals surface area contributed by atoms with E-state index in [9.17, 15) is 9.36 Å². The van der Waals surface area contributed by atoms with Gasteiger partial charge in [0, 0.05) is 22.7 Å². The number of benzene rings is 1. The number of imidazole rings is 1. The summed E-state index contributed by atoms with van der Waals surface area (Å²) >= 11 is 7.17. The zero-order valence-corrected chi connectivity index (χ0v) is 23.0. The number of carbonyl (C=O) groups is 1. The smallest absolute Gasteiger partial charge is 0.356 e. The topological polar surface area (TPSA) is 130 Å². The Labute approximate surface area is 220 Å². The summed E-state index contributed by atoms with van der Waals surface area (Å²) < 4.78 is 32.2. The molecule has 2 heterocycles. The quantitative estimate of drug-likeness (QED) is 0.281. The van der Waals surface area contributed by atoms with Gasteiger partial charge in [-0.05, 0) is 17.7 Å². The molecule has 1 aliphatic rings. The van der Waals surface area contributed by atoms with Gasteiger partial charge in [0.15, 0.2) is 16.9 Å². The number of aromatic nitrogens is 2. The first-order chi connectivity index (χ1) is 17.0. The maximum Gasteiger partial charge on any atom is 0.356 e. The molecule has 0 amide bonds. The van der Waals surface area contributed by atoms with Crippen molar-refractivity contribution in [1.29, 1.82) is 0 Å². The summed E-state index contributed by atoms with van der Waals surface area (Å²) in [6.45, 7) is 10.1. The molecular weight excluding hydrogens is 525 g/mol. The number of hydrogen-bond donors (Lipinski definition) is 2. The highest BCUT2D eigenvalue weighted by Crippen LogP contribution is 2.49. The number of guanidine groups is 1. The van der Waals surface area contributed by atoms with E-state index in [4.69, 9.17) is 31.1 Å². The minimum Gasteiger partial charge on any atom is -0.369 e. The summed E-state index contributed by atoms with van der Waals surface area (Å²) in [6.07, 6.45) is 1.35. The molecule has 1 unspecified atom stereocenters. The molecule has 0 saturated heterocycles. The molecule has 0 spiro atoms. The van der Waals surface area contributed by atoms with E-state index in [2.05, 4.69) is 21.9 Å². The Hall–Kier alpha value is -2.14. The molecule has 36 heavy (non-hydrogen) atoms. The Morgan fingerprint density at radius 1 is 1.31 bits per heavy atom. The second kappa shape index (κ2) is 12.4. The summed E-state index contributed by atoms with van der Waals surface area (Å²) in [5.74, 6) is 1.14. The van der Waals surface area contributed by atoms with Crippen molar-refractivity contribution in [2.24, 2.45) is 16.1 Å². The van der Waals surface area contributed by atoms with Crippen LogP contribution in [0.2, 0.25) is 5.02 Å². The first-order valence-corrected chi connectivity index (χ1v) is 14.3. The third-order valence-electron chi connectivity index (χ3n) is 4.86. The van der Waals surface area contributed by atoms with E-state index in [-0.39, 0.29) is 37.2 Å². The van der Waals surface area contributed by atoms with Crippen molar-refractivity contribution in [2.75, 3.05) is 25.3 Å². The van der Waals surface area contributed by atoms with E-state index in [0.717, 1.165) is 17.3 Å². The Morgan fingerprint density at radius 2 is 2.08 bits per heavy atom. The first-order valence-electron chi connectivity index (χ1n) is 11.2. The number of aliphatic imine (C=N–C) groups is 1. The van der Waals surface area contributed by atoms with Crippen LogP contribution in [0.1, 0.15) is 32.0 Å². The van der Waals surface area contributed by atoms with Crippen LogP contribution in [0, 0.1) is 5.41 Å². The second-order valence-electron chi connectivity index (χ2n) is 8.98. The molecule has 10 nitrogen and oxygen atoms in total. The van der Waals surface area contributed by atoms with Crippen LogP contribution >= 0.6 is 31.0 Å². The second-order valence-corrected chi connectivity index (χ2v) is 12.5. The molecule has 3 N–H and O–H groups in total. The molecule has 2 aromatic rings. The van der Waals surface area contributed by atoms with Crippen LogP contribution in [-0.4, -0.2) is 45.9 Å². The molecule has 0 fully saturated rings. The van der Waals surface area contributed by atoms with Crippen molar-refractivity contribution < 1.29 is 23.1 Å². The highest BCUT2D eigenvalue weighted by Gasteiger charge is 2.27. The lowest BCUT2D eigenvalue weighted by Gasteiger charge is -2.20. The molecule has 196 valence electrons. The van der Waals surface area contributed by atoms with Gasteiger partial charge in [-0.15, -0.1) is 0 Å². The van der Waals surface area contributed by atoms with Gasteiger partial charge >= 0.3 is 7.60 Å². The van der Waals surface area contributed by atoms with Gasteiger partial charge in [-0.1, -0.05) is 62.8 Å². The Morgan fingerprint density at radius 3 is 2.81 bits per heavy atom. The molecule has 0 bridgehead atoms. The SMILES string of the molecule is C=C1NC(N)=Nc2c1ncn2CCOCP(=O)(OCCSC(=O)C(C)(C)C)OCc1cccc(Cl)c1. The van der Waals surface area contributed by atoms with Gasteiger partial charge in [0.05, 0.1) is 31.8 Å². The lowest BCUT2D eigenvalue weighted by Crippen LogP contribution is -2.32. The van der Waals surface area contributed by atoms with E-state index in [1.54, 1.807) is 29.1 Å². The van der Waals surface area contributed by atoms with Crippen molar-refractivity contribution in [1.82, 2.24) is 14.9 Å². The lowest BCUT2D eigenvalue weighted by atomic mass is 10.00. The van der Waals surface area contributed by atoms with E-state index in [1.807, 2.05) is 26.8 Å². The molecule has 1 aliphatic heterocycles. The summed E-state index contributed by atoms with van der Waals surface area (Å²) in [6, 6.07) is 7.06. The number of nitrogens with two attached hydrogens (primary N) is 1. The molecule has 1 atom stereocenters. The standard InChI is InChI=1S/C23H31ClN5O5PS/c1-16-19-20(28-22(25)27-16)29(14-26-19)8-9-32-15-35(31,33-10-11-36-21(30)23(2,3)4)34-13-17-6-5-7-18(24)12-17/h5-7,12,14H,1,8-11,13,15H2,2-4H3,(H3,25,27,28). The zero-order chi connectivity index (χ0) is 26.3. The Bertz CT molecular complexity index is 1180. The summed E-state index contributed by atoms with van der Waals surface area (Å²) in [7, 11) is -3.64. The number of halogens is 1. The van der Waals surface area contributed by atoms with Crippen molar-refractivity contribution in [3.05, 3.63) is 53.5 Å². The maximum atomic E-state index is 13.4. The molecule has 0 saturated carbocycles. The van der Waals surface area contributed by atoms with E-state index in [0.29, 0.717) is 34.5 Å². The highest BCUT2D eigenvalue weighted by atomic mass is 35.5. The van der Waals surface area contributed by atoms with Gasteiger partial charge in [0.25, 0.3) is 0 Å². The van der Waals surface area contributed by atoms with Crippen LogP contribution in [0.3, 0.4) is 0 Å². The zero-order valence-electron chi connectivity index (χ0n) is 20.5. The number of nitrogens with one attached hydrogen (secondary N) is 1. The molecule has 1 aromatic carbocycles. The fourth-order valence-corrected chi connectivity index (χ4v) is 5.42. The van der Waals surface area contributed by atoms with Crippen LogP contribution in [0.25, 0.3) is 5.70 Å². The predicted molar refractivity (Wildman–Crippen MR) is 143 cm³/mol. The molecule has 0 radical (unpaired) electrons. The number of ether oxygens (including phenoxy) is 1. The fraction of sp³-hybridized carbons (Fsp3) is 0.435. The predicted octanol–water partition coefficient (Wildman–Crippen LogP) is 4.76. The number of rotatable bonds is 12. The van der Waals surface area contributed by atoms with Gasteiger partial charge in [0.1, 0.15) is 12.0 Å². The Balaban J connectivity index is 1.56. The van der Waals surface area contributed by atoms with E-state index >= 15 is 0 Å². The number of hydrogen-bond acceptors (Lipinski definition) is 10. The monoisotopic (exact) mass is 555 g/mol. The lowest BCUT2D eigenvalue weighted by molar-refractivity contribution is -0.117. The normalized spacial score (nSPS) is 15.1.